The number of hydrogen-bond donors (Lipinski definition) is 2. The number of rotatable bonds is 5. The number of ketones is 1. The third kappa shape index (κ3) is 4.52. The molecular formula is C27H19N5O2. The molecule has 0 radical (unpaired) electrons. The fourth-order valence-electron chi connectivity index (χ4n) is 3.63. The summed E-state index contributed by atoms with van der Waals surface area (Å²) >= 11 is 0. The number of pyridine rings is 1. The fraction of sp³-hybridized carbons (Fsp3) is 0.0741. The zero-order valence-electron chi connectivity index (χ0n) is 18.1. The summed E-state index contributed by atoms with van der Waals surface area (Å²) in [6, 6.07) is 18.3. The summed E-state index contributed by atoms with van der Waals surface area (Å²) in [7, 11) is 0. The highest BCUT2D eigenvalue weighted by molar-refractivity contribution is 6.15. The fourth-order valence-corrected chi connectivity index (χ4v) is 3.63. The summed E-state index contributed by atoms with van der Waals surface area (Å²) in [5, 5.41) is 2.74. The third-order valence-electron chi connectivity index (χ3n) is 5.26. The molecule has 4 aromatic rings. The average Bonchev–Trinajstić information content (AvgIpc) is 3.52. The first-order valence-corrected chi connectivity index (χ1v) is 10.7. The van der Waals surface area contributed by atoms with E-state index in [9.17, 15) is 9.59 Å². The monoisotopic (exact) mass is 445 g/mol. The molecule has 0 saturated carbocycles. The SMILES string of the molecule is O=C(Nc1nc2c(C(=O)CC3=NC=CC3)cccc2[nH]1)c1ncccc1C#Cc1ccccc1. The van der Waals surface area contributed by atoms with Crippen LogP contribution < -0.4 is 5.32 Å². The van der Waals surface area contributed by atoms with Crippen molar-refractivity contribution in [3.05, 3.63) is 102 Å². The molecular weight excluding hydrogens is 426 g/mol. The number of nitrogens with one attached hydrogen (secondary N) is 2. The van der Waals surface area contributed by atoms with Crippen molar-refractivity contribution >= 4 is 34.4 Å². The number of imidazole rings is 1. The number of Topliss-reactive ketones (excluding diaryl/α,β-unsaturated/α-hetero) is 1. The van der Waals surface area contributed by atoms with Gasteiger partial charge in [-0.05, 0) is 36.4 Å². The van der Waals surface area contributed by atoms with Crippen molar-refractivity contribution in [3.63, 3.8) is 0 Å². The number of carbonyl (C=O) groups is 2. The Morgan fingerprint density at radius 2 is 1.88 bits per heavy atom. The van der Waals surface area contributed by atoms with Crippen molar-refractivity contribution in [1.29, 1.82) is 0 Å². The Morgan fingerprint density at radius 1 is 1.00 bits per heavy atom. The van der Waals surface area contributed by atoms with Crippen LogP contribution in [-0.2, 0) is 0 Å². The van der Waals surface area contributed by atoms with Gasteiger partial charge in [-0.25, -0.2) is 9.97 Å². The van der Waals surface area contributed by atoms with Gasteiger partial charge < -0.3 is 4.98 Å². The van der Waals surface area contributed by atoms with Gasteiger partial charge in [0.2, 0.25) is 5.95 Å². The highest BCUT2D eigenvalue weighted by Gasteiger charge is 2.18. The lowest BCUT2D eigenvalue weighted by Gasteiger charge is -2.03. The largest absolute Gasteiger partial charge is 0.324 e. The minimum absolute atomic E-state index is 0.0689. The highest BCUT2D eigenvalue weighted by atomic mass is 16.2. The number of H-pyrrole nitrogens is 1. The minimum atomic E-state index is -0.448. The molecule has 0 aliphatic carbocycles. The van der Waals surface area contributed by atoms with Gasteiger partial charge in [-0.2, -0.15) is 0 Å². The number of para-hydroxylation sites is 1. The van der Waals surface area contributed by atoms with E-state index in [-0.39, 0.29) is 23.8 Å². The van der Waals surface area contributed by atoms with Crippen LogP contribution in [0.25, 0.3) is 11.0 Å². The maximum atomic E-state index is 13.0. The van der Waals surface area contributed by atoms with Crippen molar-refractivity contribution in [1.82, 2.24) is 15.0 Å². The van der Waals surface area contributed by atoms with Crippen molar-refractivity contribution in [2.75, 3.05) is 5.32 Å². The van der Waals surface area contributed by atoms with Crippen molar-refractivity contribution in [2.45, 2.75) is 12.8 Å². The second-order valence-corrected chi connectivity index (χ2v) is 7.64. The van der Waals surface area contributed by atoms with Gasteiger partial charge in [0.1, 0.15) is 11.2 Å². The Balaban J connectivity index is 1.39. The normalized spacial score (nSPS) is 12.2. The number of benzene rings is 2. The number of aromatic nitrogens is 3. The quantitative estimate of drug-likeness (QED) is 0.348. The number of allylic oxidation sites excluding steroid dienone is 1. The Bertz CT molecular complexity index is 1520. The van der Waals surface area contributed by atoms with E-state index in [1.807, 2.05) is 36.4 Å². The Labute approximate surface area is 195 Å². The van der Waals surface area contributed by atoms with E-state index >= 15 is 0 Å². The molecule has 0 bridgehead atoms. The molecule has 2 N–H and O–H groups in total. The zero-order chi connectivity index (χ0) is 23.3. The molecule has 34 heavy (non-hydrogen) atoms. The maximum Gasteiger partial charge on any atom is 0.277 e. The first-order chi connectivity index (χ1) is 16.7. The number of aliphatic imine (C=N–C) groups is 1. The predicted molar refractivity (Wildman–Crippen MR) is 131 cm³/mol. The molecule has 0 atom stereocenters. The Hall–Kier alpha value is -4.83. The highest BCUT2D eigenvalue weighted by Crippen LogP contribution is 2.21. The summed E-state index contributed by atoms with van der Waals surface area (Å²) in [5.74, 6) is 5.77. The summed E-state index contributed by atoms with van der Waals surface area (Å²) in [5.41, 5.74) is 3.99. The number of hydrogen-bond acceptors (Lipinski definition) is 5. The van der Waals surface area contributed by atoms with Crippen molar-refractivity contribution < 1.29 is 9.59 Å². The summed E-state index contributed by atoms with van der Waals surface area (Å²) in [6.07, 6.45) is 6.09. The molecule has 0 spiro atoms. The molecule has 0 fully saturated rings. The van der Waals surface area contributed by atoms with Crippen molar-refractivity contribution in [2.24, 2.45) is 4.99 Å². The molecule has 5 rings (SSSR count). The number of nitrogens with zero attached hydrogens (tertiary/aromatic N) is 3. The van der Waals surface area contributed by atoms with Crippen LogP contribution in [0, 0.1) is 11.8 Å². The molecule has 1 aliphatic heterocycles. The smallest absolute Gasteiger partial charge is 0.277 e. The predicted octanol–water partition coefficient (Wildman–Crippen LogP) is 4.54. The first-order valence-electron chi connectivity index (χ1n) is 10.7. The molecule has 2 aromatic heterocycles. The van der Waals surface area contributed by atoms with Gasteiger partial charge in [0.15, 0.2) is 5.78 Å². The molecule has 0 saturated heterocycles. The average molecular weight is 445 g/mol. The van der Waals surface area contributed by atoms with Gasteiger partial charge in [0.25, 0.3) is 5.91 Å². The van der Waals surface area contributed by atoms with Gasteiger partial charge >= 0.3 is 0 Å². The van der Waals surface area contributed by atoms with Crippen LogP contribution in [-0.4, -0.2) is 32.4 Å². The Kier molecular flexibility index (Phi) is 5.78. The standard InChI is InChI=1S/C27H19N5O2/c33-23(17-20-10-6-15-28-20)21-11-4-12-22-25(21)31-27(30-22)32-26(34)24-19(9-5-16-29-24)14-13-18-7-2-1-3-8-18/h1-9,11-12,15-16H,10,17H2,(H2,30,31,32,34). The topological polar surface area (TPSA) is 100 Å². The molecule has 1 aliphatic rings. The molecule has 7 heteroatoms. The summed E-state index contributed by atoms with van der Waals surface area (Å²) in [6.45, 7) is 0. The van der Waals surface area contributed by atoms with E-state index in [2.05, 4.69) is 37.1 Å². The van der Waals surface area contributed by atoms with Crippen LogP contribution in [0.2, 0.25) is 0 Å². The third-order valence-corrected chi connectivity index (χ3v) is 5.26. The van der Waals surface area contributed by atoms with E-state index < -0.39 is 5.91 Å². The summed E-state index contributed by atoms with van der Waals surface area (Å²) in [4.78, 5) is 41.8. The van der Waals surface area contributed by atoms with Crippen LogP contribution >= 0.6 is 0 Å². The lowest BCUT2D eigenvalue weighted by Crippen LogP contribution is -2.16. The van der Waals surface area contributed by atoms with Gasteiger partial charge in [-0.15, -0.1) is 0 Å². The van der Waals surface area contributed by atoms with Crippen LogP contribution in [0.15, 0.2) is 84.1 Å². The second kappa shape index (κ2) is 9.35. The molecule has 2 aromatic carbocycles. The van der Waals surface area contributed by atoms with Gasteiger partial charge in [-0.1, -0.05) is 42.2 Å². The van der Waals surface area contributed by atoms with Crippen LogP contribution in [0.1, 0.15) is 44.8 Å². The van der Waals surface area contributed by atoms with Crippen LogP contribution in [0.4, 0.5) is 5.95 Å². The molecule has 0 unspecified atom stereocenters. The molecule has 1 amide bonds. The van der Waals surface area contributed by atoms with Gasteiger partial charge in [0.05, 0.1) is 11.1 Å². The van der Waals surface area contributed by atoms with E-state index in [0.29, 0.717) is 28.6 Å². The number of carbonyl (C=O) groups excluding carboxylic acids is 2. The molecule has 164 valence electrons. The Morgan fingerprint density at radius 3 is 2.71 bits per heavy atom. The van der Waals surface area contributed by atoms with Crippen LogP contribution in [0.5, 0.6) is 0 Å². The lowest BCUT2D eigenvalue weighted by molar-refractivity contribution is 0.0998. The summed E-state index contributed by atoms with van der Waals surface area (Å²) < 4.78 is 0. The number of fused-ring (bicyclic) bond motifs is 1. The first kappa shape index (κ1) is 21.0. The van der Waals surface area contributed by atoms with E-state index in [0.717, 1.165) is 11.3 Å². The zero-order valence-corrected chi connectivity index (χ0v) is 18.1. The van der Waals surface area contributed by atoms with E-state index in [1.54, 1.807) is 42.7 Å². The van der Waals surface area contributed by atoms with Gasteiger partial charge in [0, 0.05) is 42.1 Å². The second-order valence-electron chi connectivity index (χ2n) is 7.64. The molecule has 7 nitrogen and oxygen atoms in total. The minimum Gasteiger partial charge on any atom is -0.324 e. The molecule has 3 heterocycles. The number of anilines is 1. The van der Waals surface area contributed by atoms with Gasteiger partial charge in [-0.3, -0.25) is 19.9 Å². The van der Waals surface area contributed by atoms with E-state index in [1.165, 1.54) is 0 Å². The van der Waals surface area contributed by atoms with E-state index in [4.69, 9.17) is 0 Å². The number of aromatic amines is 1. The number of amides is 1. The van der Waals surface area contributed by atoms with Crippen LogP contribution in [0.3, 0.4) is 0 Å². The maximum absolute atomic E-state index is 13.0. The van der Waals surface area contributed by atoms with Crippen molar-refractivity contribution in [3.8, 4) is 11.8 Å². The lowest BCUT2D eigenvalue weighted by atomic mass is 10.0.